The van der Waals surface area contributed by atoms with Gasteiger partial charge in [0.25, 0.3) is 0 Å². The van der Waals surface area contributed by atoms with Crippen LogP contribution in [0.3, 0.4) is 0 Å². The number of allylic oxidation sites excluding steroid dienone is 4. The van der Waals surface area contributed by atoms with Gasteiger partial charge in [0, 0.05) is 12.8 Å². The third-order valence-electron chi connectivity index (χ3n) is 26.6. The monoisotopic (exact) mass is 1170 g/mol. The Hall–Kier alpha value is -1.24. The van der Waals surface area contributed by atoms with Crippen molar-refractivity contribution in [2.24, 2.45) is 101 Å². The smallest absolute Gasteiger partial charge is 0.726 e. The summed E-state index contributed by atoms with van der Waals surface area (Å²) in [5, 5.41) is 0. The van der Waals surface area contributed by atoms with E-state index >= 15 is 0 Å². The first kappa shape index (κ1) is 63.8. The van der Waals surface area contributed by atoms with E-state index in [0.29, 0.717) is 61.2 Å². The van der Waals surface area contributed by atoms with Crippen molar-refractivity contribution in [1.82, 2.24) is 0 Å². The van der Waals surface area contributed by atoms with E-state index in [-0.39, 0.29) is 104 Å². The summed E-state index contributed by atoms with van der Waals surface area (Å²) in [6, 6.07) is 0. The van der Waals surface area contributed by atoms with Crippen LogP contribution in [0.4, 0.5) is 0 Å². The van der Waals surface area contributed by atoms with E-state index in [1.54, 1.807) is 26.0 Å². The third kappa shape index (κ3) is 9.48. The summed E-state index contributed by atoms with van der Waals surface area (Å²) in [4.78, 5) is 52.0. The molecule has 14 nitrogen and oxygen atoms in total. The number of ether oxygens (including phenoxy) is 2. The maximum atomic E-state index is 13.3. The second-order valence-corrected chi connectivity index (χ2v) is 31.7. The Balaban J connectivity index is 0.000000205. The summed E-state index contributed by atoms with van der Waals surface area (Å²) in [6.45, 7) is 26.0. The van der Waals surface area contributed by atoms with E-state index in [0.717, 1.165) is 114 Å². The third-order valence-corrected chi connectivity index (χ3v) is 27.5. The molecule has 10 aliphatic carbocycles. The molecule has 10 fully saturated rings. The minimum Gasteiger partial charge on any atom is -0.726 e. The van der Waals surface area contributed by atoms with Gasteiger partial charge in [-0.2, -0.15) is 0 Å². The zero-order valence-electron chi connectivity index (χ0n) is 50.3. The largest absolute Gasteiger partial charge is 2.00 e. The molecule has 4 spiro atoms. The number of carbonyl (C=O) groups is 4. The fourth-order valence-electron chi connectivity index (χ4n) is 23.3. The van der Waals surface area contributed by atoms with Crippen LogP contribution in [0.5, 0.6) is 0 Å². The number of hydrogen-bond donors (Lipinski definition) is 0. The van der Waals surface area contributed by atoms with Gasteiger partial charge in [0.05, 0.1) is 37.3 Å². The summed E-state index contributed by atoms with van der Waals surface area (Å²) >= 11 is 0. The topological polar surface area (TPSA) is 220 Å². The van der Waals surface area contributed by atoms with E-state index in [1.807, 2.05) is 27.7 Å². The molecule has 20 atom stereocenters. The molecule has 0 saturated heterocycles. The van der Waals surface area contributed by atoms with Gasteiger partial charge in [0.15, 0.2) is 11.6 Å². The van der Waals surface area contributed by atoms with Crippen LogP contribution in [0.1, 0.15) is 212 Å². The predicted octanol–water partition coefficient (Wildman–Crippen LogP) is 11.6. The molecule has 0 radical (unpaired) electrons. The van der Waals surface area contributed by atoms with E-state index in [1.165, 1.54) is 14.2 Å². The first-order valence-electron chi connectivity index (χ1n) is 29.8. The number of methoxy groups -OCH3 is 2. The summed E-state index contributed by atoms with van der Waals surface area (Å²) in [5.41, 5.74) is 0.591. The van der Waals surface area contributed by atoms with Gasteiger partial charge in [-0.25, -0.2) is 16.8 Å². The second kappa shape index (κ2) is 21.0. The Morgan fingerprint density at radius 1 is 0.481 bits per heavy atom. The van der Waals surface area contributed by atoms with Crippen molar-refractivity contribution in [3.63, 3.8) is 0 Å². The van der Waals surface area contributed by atoms with Gasteiger partial charge in [-0.05, 0) is 260 Å². The average molecular weight is 1170 g/mol. The van der Waals surface area contributed by atoms with Crippen LogP contribution in [0.2, 0.25) is 0 Å². The summed E-state index contributed by atoms with van der Waals surface area (Å²) in [7, 11) is -7.23. The number of carbonyl (C=O) groups excluding carboxylic acids is 4. The molecule has 0 aromatic heterocycles. The maximum absolute atomic E-state index is 13.3. The van der Waals surface area contributed by atoms with Crippen molar-refractivity contribution in [3.8, 4) is 0 Å². The molecule has 10 saturated carbocycles. The van der Waals surface area contributed by atoms with E-state index in [2.05, 4.69) is 41.5 Å². The van der Waals surface area contributed by atoms with Crippen LogP contribution in [0, 0.1) is 101 Å². The second-order valence-electron chi connectivity index (χ2n) is 29.7. The molecular weight excluding hydrogens is 1070 g/mol. The van der Waals surface area contributed by atoms with Crippen molar-refractivity contribution in [3.05, 3.63) is 23.3 Å². The molecule has 0 heterocycles. The molecule has 0 amide bonds. The van der Waals surface area contributed by atoms with Gasteiger partial charge in [-0.15, -0.1) is 0 Å². The van der Waals surface area contributed by atoms with Crippen LogP contribution in [-0.4, -0.2) is 114 Å². The van der Waals surface area contributed by atoms with Gasteiger partial charge >= 0.3 is 49.7 Å². The number of hydrogen-bond acceptors (Lipinski definition) is 14. The first-order valence-corrected chi connectivity index (χ1v) is 32.5. The SMILES string of the molecule is COC(=O)[C@]1(C)[C@@H](OS(=O)(=O)[O-])CC[C@]23C[C@]24CC[C@]2(C)[C@@H]([C@H](C)CC(=O)C=C(C)C)CC[C@@]2(C)[C@@H]4CC[C@@H]13.COC(=O)[C@]1(C)[C@@H](OS(=O)(=O)[O-])CC[C@]23C[C@]24CC[C@]2(C)[C@@H]([C@H](C)CC(=O)C=C(C)C)CC[C@@]2(C)[C@@H]4CC[C@@H]13.[Ca+2]. The van der Waals surface area contributed by atoms with Crippen molar-refractivity contribution < 1.29 is 63.0 Å². The summed E-state index contributed by atoms with van der Waals surface area (Å²) in [5.74, 6) is 2.14. The number of esters is 2. The number of ketones is 2. The molecular formula is C62H94CaO14S2. The normalized spacial score (nSPS) is 46.5. The fraction of sp³-hybridized carbons (Fsp3) is 0.871. The maximum Gasteiger partial charge on any atom is 2.00 e. The van der Waals surface area contributed by atoms with Gasteiger partial charge in [0.2, 0.25) is 20.8 Å². The van der Waals surface area contributed by atoms with Crippen molar-refractivity contribution in [1.29, 1.82) is 0 Å². The Morgan fingerprint density at radius 3 is 1.10 bits per heavy atom. The molecule has 0 aromatic rings. The van der Waals surface area contributed by atoms with E-state index in [4.69, 9.17) is 17.8 Å². The molecule has 440 valence electrons. The van der Waals surface area contributed by atoms with E-state index in [9.17, 15) is 45.1 Å². The molecule has 10 aliphatic rings. The van der Waals surface area contributed by atoms with Crippen molar-refractivity contribution >= 4 is 82.0 Å². The molecule has 0 aliphatic heterocycles. The van der Waals surface area contributed by atoms with Crippen LogP contribution >= 0.6 is 0 Å². The van der Waals surface area contributed by atoms with Crippen LogP contribution in [0.15, 0.2) is 23.3 Å². The molecule has 0 N–H and O–H groups in total. The van der Waals surface area contributed by atoms with Gasteiger partial charge in [-0.3, -0.25) is 27.5 Å². The summed E-state index contributed by atoms with van der Waals surface area (Å²) in [6.07, 6.45) is 19.9. The molecule has 0 bridgehead atoms. The molecule has 17 heteroatoms. The van der Waals surface area contributed by atoms with Crippen molar-refractivity contribution in [2.75, 3.05) is 14.2 Å². The van der Waals surface area contributed by atoms with Crippen LogP contribution in [-0.2, 0) is 57.8 Å². The fourth-order valence-corrected chi connectivity index (χ4v) is 24.4. The van der Waals surface area contributed by atoms with Gasteiger partial charge in [-0.1, -0.05) is 52.7 Å². The number of fused-ring (bicyclic) bond motifs is 4. The Kier molecular flexibility index (Phi) is 17.0. The molecule has 0 unspecified atom stereocenters. The number of rotatable bonds is 14. The van der Waals surface area contributed by atoms with Crippen LogP contribution < -0.4 is 0 Å². The minimum absolute atomic E-state index is 0. The molecule has 79 heavy (non-hydrogen) atoms. The molecule has 0 aromatic carbocycles. The Morgan fingerprint density at radius 2 is 0.797 bits per heavy atom. The van der Waals surface area contributed by atoms with Gasteiger partial charge < -0.3 is 18.6 Å². The van der Waals surface area contributed by atoms with Gasteiger partial charge in [0.1, 0.15) is 0 Å². The van der Waals surface area contributed by atoms with Crippen LogP contribution in [0.25, 0.3) is 0 Å². The summed E-state index contributed by atoms with van der Waals surface area (Å²) < 4.78 is 90.3. The molecule has 10 rings (SSSR count). The minimum atomic E-state index is -4.95. The quantitative estimate of drug-likeness (QED) is 0.0519. The first-order chi connectivity index (χ1) is 36.0. The average Bonchev–Trinajstić information content (AvgIpc) is 3.09. The predicted molar refractivity (Wildman–Crippen MR) is 298 cm³/mol. The standard InChI is InChI=1S/2C31H48O7S.Ca/c2*1-19(2)16-21(32)17-20(3)22-10-12-28(5)23-8-9-24-29(6,26(33)37-7)25(38-39(34,35)36)11-13-30(24)18-31(23,30)15-14-27(22,28)4;/h2*16,20,22-25H,8-15,17-18H2,1-7H3,(H,34,35,36);/q;;+2/p-2/t2*20-,22-,23+,24+,25+,27-,28+,29+,30-,31+;/m11./s1. The zero-order valence-corrected chi connectivity index (χ0v) is 54.2. The zero-order chi connectivity index (χ0) is 57.6. The van der Waals surface area contributed by atoms with E-state index < -0.39 is 55.8 Å². The Bertz CT molecular complexity index is 2570. The van der Waals surface area contributed by atoms with Crippen molar-refractivity contribution in [2.45, 2.75) is 224 Å². The Labute approximate surface area is 503 Å².